The number of urea groups is 1. The first kappa shape index (κ1) is 17.5. The van der Waals surface area contributed by atoms with E-state index in [1.165, 1.54) is 37.7 Å². The number of benzene rings is 1. The lowest BCUT2D eigenvalue weighted by Gasteiger charge is -2.46. The molecule has 5 nitrogen and oxygen atoms in total. The molecule has 146 valence electrons. The highest BCUT2D eigenvalue weighted by molar-refractivity contribution is 5.74. The minimum absolute atomic E-state index is 0.0111. The normalized spacial score (nSPS) is 33.9. The zero-order valence-electron chi connectivity index (χ0n) is 16.1. The second-order valence-electron chi connectivity index (χ2n) is 9.27. The van der Waals surface area contributed by atoms with Gasteiger partial charge in [-0.15, -0.1) is 0 Å². The number of hydrogen-bond donors (Lipinski definition) is 2. The number of nitrogens with zero attached hydrogens (tertiary/aromatic N) is 1. The Labute approximate surface area is 161 Å². The summed E-state index contributed by atoms with van der Waals surface area (Å²) in [6.45, 7) is 4.53. The van der Waals surface area contributed by atoms with Crippen LogP contribution in [0.4, 0.5) is 4.79 Å². The molecule has 4 fully saturated rings. The summed E-state index contributed by atoms with van der Waals surface area (Å²) in [5, 5.41) is 6.38. The van der Waals surface area contributed by atoms with Gasteiger partial charge >= 0.3 is 6.03 Å². The second-order valence-corrected chi connectivity index (χ2v) is 9.27. The van der Waals surface area contributed by atoms with Crippen molar-refractivity contribution >= 4 is 6.03 Å². The van der Waals surface area contributed by atoms with Gasteiger partial charge in [-0.05, 0) is 50.0 Å². The number of carbonyl (C=O) groups excluding carboxylic acids is 1. The molecule has 3 atom stereocenters. The van der Waals surface area contributed by atoms with E-state index >= 15 is 0 Å². The number of nitrogens with one attached hydrogen (secondary N) is 2. The third kappa shape index (κ3) is 3.36. The topological polar surface area (TPSA) is 53.6 Å². The first-order chi connectivity index (χ1) is 13.2. The second kappa shape index (κ2) is 6.78. The maximum Gasteiger partial charge on any atom is 0.315 e. The van der Waals surface area contributed by atoms with Crippen molar-refractivity contribution < 1.29 is 9.53 Å². The molecule has 0 radical (unpaired) electrons. The fourth-order valence-electron chi connectivity index (χ4n) is 5.63. The summed E-state index contributed by atoms with van der Waals surface area (Å²) in [5.41, 5.74) is 2.07. The van der Waals surface area contributed by atoms with Gasteiger partial charge in [0.1, 0.15) is 0 Å². The predicted octanol–water partition coefficient (Wildman–Crippen LogP) is 2.91. The number of hydrogen-bond acceptors (Lipinski definition) is 3. The van der Waals surface area contributed by atoms with Gasteiger partial charge in [0.05, 0.1) is 6.61 Å². The average Bonchev–Trinajstić information content (AvgIpc) is 2.94. The van der Waals surface area contributed by atoms with E-state index in [-0.39, 0.29) is 12.1 Å². The molecule has 2 N–H and O–H groups in total. The summed E-state index contributed by atoms with van der Waals surface area (Å²) in [6, 6.07) is 11.0. The summed E-state index contributed by atoms with van der Waals surface area (Å²) < 4.78 is 5.54. The van der Waals surface area contributed by atoms with Gasteiger partial charge < -0.3 is 15.4 Å². The SMILES string of the molecule is O=C(NCC1CC12CCOC2)NC1CN(Cc2ccccc2)C2(CCC2)C1. The Balaban J connectivity index is 1.13. The van der Waals surface area contributed by atoms with E-state index in [4.69, 9.17) is 4.74 Å². The fraction of sp³-hybridized carbons (Fsp3) is 0.682. The monoisotopic (exact) mass is 369 g/mol. The van der Waals surface area contributed by atoms with Crippen LogP contribution in [0.5, 0.6) is 0 Å². The van der Waals surface area contributed by atoms with Crippen molar-refractivity contribution in [2.24, 2.45) is 11.3 Å². The van der Waals surface area contributed by atoms with Gasteiger partial charge in [-0.1, -0.05) is 30.3 Å². The maximum absolute atomic E-state index is 12.4. The Morgan fingerprint density at radius 2 is 2.04 bits per heavy atom. The van der Waals surface area contributed by atoms with Crippen molar-refractivity contribution in [3.05, 3.63) is 35.9 Å². The van der Waals surface area contributed by atoms with Crippen molar-refractivity contribution in [1.29, 1.82) is 0 Å². The van der Waals surface area contributed by atoms with Crippen LogP contribution < -0.4 is 10.6 Å². The third-order valence-electron chi connectivity index (χ3n) is 7.58. The summed E-state index contributed by atoms with van der Waals surface area (Å²) in [4.78, 5) is 15.1. The lowest BCUT2D eigenvalue weighted by atomic mass is 9.74. The molecule has 5 rings (SSSR count). The van der Waals surface area contributed by atoms with Crippen LogP contribution in [0.2, 0.25) is 0 Å². The van der Waals surface area contributed by atoms with Crippen molar-refractivity contribution in [1.82, 2.24) is 15.5 Å². The van der Waals surface area contributed by atoms with Gasteiger partial charge in [0.15, 0.2) is 0 Å². The van der Waals surface area contributed by atoms with Gasteiger partial charge in [0.25, 0.3) is 0 Å². The first-order valence-corrected chi connectivity index (χ1v) is 10.6. The summed E-state index contributed by atoms with van der Waals surface area (Å²) in [6.07, 6.45) is 7.32. The van der Waals surface area contributed by atoms with Crippen LogP contribution in [0.25, 0.3) is 0 Å². The van der Waals surface area contributed by atoms with Crippen LogP contribution >= 0.6 is 0 Å². The highest BCUT2D eigenvalue weighted by Crippen LogP contribution is 2.57. The van der Waals surface area contributed by atoms with E-state index in [2.05, 4.69) is 45.9 Å². The number of ether oxygens (including phenoxy) is 1. The van der Waals surface area contributed by atoms with Crippen LogP contribution in [0.15, 0.2) is 30.3 Å². The van der Waals surface area contributed by atoms with E-state index < -0.39 is 0 Å². The van der Waals surface area contributed by atoms with E-state index in [1.807, 2.05) is 0 Å². The van der Waals surface area contributed by atoms with Crippen LogP contribution in [-0.2, 0) is 11.3 Å². The molecule has 2 spiro atoms. The molecule has 2 amide bonds. The number of amides is 2. The lowest BCUT2D eigenvalue weighted by Crippen LogP contribution is -2.48. The van der Waals surface area contributed by atoms with Crippen molar-refractivity contribution in [2.75, 3.05) is 26.3 Å². The van der Waals surface area contributed by atoms with E-state index in [0.717, 1.165) is 39.3 Å². The Kier molecular flexibility index (Phi) is 4.40. The van der Waals surface area contributed by atoms with Crippen molar-refractivity contribution in [3.63, 3.8) is 0 Å². The minimum Gasteiger partial charge on any atom is -0.381 e. The molecule has 3 unspecified atom stereocenters. The molecule has 0 bridgehead atoms. The Morgan fingerprint density at radius 1 is 1.19 bits per heavy atom. The van der Waals surface area contributed by atoms with E-state index in [0.29, 0.717) is 16.9 Å². The van der Waals surface area contributed by atoms with Crippen LogP contribution in [0.3, 0.4) is 0 Å². The lowest BCUT2D eigenvalue weighted by molar-refractivity contribution is 0.0495. The molecule has 1 aromatic rings. The molecule has 5 heteroatoms. The smallest absolute Gasteiger partial charge is 0.315 e. The highest BCUT2D eigenvalue weighted by Gasteiger charge is 2.56. The molecular weight excluding hydrogens is 338 g/mol. The molecule has 1 aromatic carbocycles. The molecule has 2 heterocycles. The van der Waals surface area contributed by atoms with Gasteiger partial charge in [-0.2, -0.15) is 0 Å². The largest absolute Gasteiger partial charge is 0.381 e. The van der Waals surface area contributed by atoms with Gasteiger partial charge in [0.2, 0.25) is 0 Å². The van der Waals surface area contributed by atoms with Crippen LogP contribution in [-0.4, -0.2) is 48.8 Å². The molecule has 2 saturated heterocycles. The van der Waals surface area contributed by atoms with Gasteiger partial charge in [0, 0.05) is 43.2 Å². The average molecular weight is 370 g/mol. The highest BCUT2D eigenvalue weighted by atomic mass is 16.5. The molecule has 4 aliphatic rings. The third-order valence-corrected chi connectivity index (χ3v) is 7.58. The van der Waals surface area contributed by atoms with Crippen LogP contribution in [0, 0.1) is 11.3 Å². The standard InChI is InChI=1S/C22H31N3O2/c26-20(23-13-18-11-21(18)9-10-27-16-21)24-19-12-22(7-4-8-22)25(15-19)14-17-5-2-1-3-6-17/h1-3,5-6,18-19H,4,7-16H2,(H2,23,24,26). The summed E-state index contributed by atoms with van der Waals surface area (Å²) in [7, 11) is 0. The number of likely N-dealkylation sites (tertiary alicyclic amines) is 1. The molecule has 0 aromatic heterocycles. The molecule has 2 aliphatic carbocycles. The molecular formula is C22H31N3O2. The van der Waals surface area contributed by atoms with Crippen molar-refractivity contribution in [2.45, 2.75) is 56.7 Å². The minimum atomic E-state index is 0.0111. The van der Waals surface area contributed by atoms with E-state index in [9.17, 15) is 4.79 Å². The Hall–Kier alpha value is -1.59. The zero-order chi connectivity index (χ0) is 18.3. The summed E-state index contributed by atoms with van der Waals surface area (Å²) in [5.74, 6) is 0.613. The predicted molar refractivity (Wildman–Crippen MR) is 104 cm³/mol. The zero-order valence-corrected chi connectivity index (χ0v) is 16.1. The maximum atomic E-state index is 12.4. The van der Waals surface area contributed by atoms with E-state index in [1.54, 1.807) is 0 Å². The van der Waals surface area contributed by atoms with Gasteiger partial charge in [-0.3, -0.25) is 4.90 Å². The Bertz CT molecular complexity index is 682. The Morgan fingerprint density at radius 3 is 2.74 bits per heavy atom. The molecule has 27 heavy (non-hydrogen) atoms. The first-order valence-electron chi connectivity index (χ1n) is 10.6. The molecule has 2 aliphatic heterocycles. The number of rotatable bonds is 5. The molecule has 2 saturated carbocycles. The summed E-state index contributed by atoms with van der Waals surface area (Å²) >= 11 is 0. The van der Waals surface area contributed by atoms with Crippen LogP contribution in [0.1, 0.15) is 44.1 Å². The number of carbonyl (C=O) groups is 1. The fourth-order valence-corrected chi connectivity index (χ4v) is 5.63. The van der Waals surface area contributed by atoms with Crippen molar-refractivity contribution in [3.8, 4) is 0 Å². The van der Waals surface area contributed by atoms with Gasteiger partial charge in [-0.25, -0.2) is 4.79 Å². The quantitative estimate of drug-likeness (QED) is 0.839.